The van der Waals surface area contributed by atoms with Crippen molar-refractivity contribution in [3.8, 4) is 0 Å². The van der Waals surface area contributed by atoms with Gasteiger partial charge in [0.05, 0.1) is 12.5 Å². The Morgan fingerprint density at radius 3 is 2.67 bits per heavy atom. The monoisotopic (exact) mass is 293 g/mol. The van der Waals surface area contributed by atoms with Gasteiger partial charge in [0.25, 0.3) is 5.91 Å². The number of hydrogen-bond donors (Lipinski definition) is 1. The highest BCUT2D eigenvalue weighted by Gasteiger charge is 2.23. The van der Waals surface area contributed by atoms with Crippen molar-refractivity contribution < 1.29 is 14.7 Å². The Morgan fingerprint density at radius 2 is 2.10 bits per heavy atom. The first-order chi connectivity index (χ1) is 9.99. The van der Waals surface area contributed by atoms with Crippen LogP contribution in [0.1, 0.15) is 62.5 Å². The third-order valence-electron chi connectivity index (χ3n) is 3.98. The summed E-state index contributed by atoms with van der Waals surface area (Å²) in [5.41, 5.74) is 0.404. The number of aromatic nitrogens is 2. The van der Waals surface area contributed by atoms with Crippen molar-refractivity contribution >= 4 is 11.9 Å². The molecule has 1 saturated carbocycles. The summed E-state index contributed by atoms with van der Waals surface area (Å²) in [7, 11) is 0. The minimum absolute atomic E-state index is 0.0477. The second-order valence-electron chi connectivity index (χ2n) is 5.86. The predicted molar refractivity (Wildman–Crippen MR) is 78.2 cm³/mol. The highest BCUT2D eigenvalue weighted by Crippen LogP contribution is 2.28. The van der Waals surface area contributed by atoms with Crippen LogP contribution in [0.5, 0.6) is 0 Å². The first-order valence-electron chi connectivity index (χ1n) is 7.57. The van der Waals surface area contributed by atoms with Gasteiger partial charge in [-0.1, -0.05) is 12.8 Å². The average Bonchev–Trinajstić information content (AvgIpc) is 3.09. The molecule has 21 heavy (non-hydrogen) atoms. The van der Waals surface area contributed by atoms with Gasteiger partial charge in [-0.3, -0.25) is 14.3 Å². The highest BCUT2D eigenvalue weighted by molar-refractivity contribution is 5.92. The number of aliphatic carboxylic acids is 1. The molecule has 116 valence electrons. The maximum Gasteiger partial charge on any atom is 0.305 e. The van der Waals surface area contributed by atoms with Gasteiger partial charge in [0.15, 0.2) is 0 Å². The quantitative estimate of drug-likeness (QED) is 0.873. The summed E-state index contributed by atoms with van der Waals surface area (Å²) in [6, 6.07) is 2.09. The van der Waals surface area contributed by atoms with E-state index in [1.165, 1.54) is 12.8 Å². The minimum atomic E-state index is -0.898. The molecule has 0 bridgehead atoms. The first kappa shape index (κ1) is 15.5. The summed E-state index contributed by atoms with van der Waals surface area (Å²) >= 11 is 0. The maximum absolute atomic E-state index is 12.5. The first-order valence-corrected chi connectivity index (χ1v) is 7.57. The van der Waals surface area contributed by atoms with Crippen LogP contribution in [0.4, 0.5) is 0 Å². The van der Waals surface area contributed by atoms with Crippen LogP contribution in [0.25, 0.3) is 0 Å². The summed E-state index contributed by atoms with van der Waals surface area (Å²) in [6.07, 6.45) is 6.46. The summed E-state index contributed by atoms with van der Waals surface area (Å²) in [5.74, 6) is -1.09. The number of carboxylic acid groups (broad SMARTS) is 1. The fourth-order valence-electron chi connectivity index (χ4n) is 2.78. The molecule has 6 heteroatoms. The van der Waals surface area contributed by atoms with Crippen LogP contribution in [-0.2, 0) is 4.79 Å². The molecule has 1 amide bonds. The van der Waals surface area contributed by atoms with Crippen LogP contribution < -0.4 is 0 Å². The molecule has 1 aliphatic carbocycles. The fraction of sp³-hybridized carbons (Fsp3) is 0.667. The van der Waals surface area contributed by atoms with Crippen LogP contribution in [0.2, 0.25) is 0 Å². The molecule has 1 fully saturated rings. The average molecular weight is 293 g/mol. The van der Waals surface area contributed by atoms with Crippen molar-refractivity contribution in [2.75, 3.05) is 6.54 Å². The molecular weight excluding hydrogens is 270 g/mol. The van der Waals surface area contributed by atoms with Crippen LogP contribution in [0, 0.1) is 0 Å². The molecule has 0 saturated heterocycles. The molecule has 0 aliphatic heterocycles. The van der Waals surface area contributed by atoms with E-state index < -0.39 is 5.97 Å². The summed E-state index contributed by atoms with van der Waals surface area (Å²) in [5, 5.41) is 13.2. The van der Waals surface area contributed by atoms with E-state index in [0.29, 0.717) is 11.7 Å². The number of carbonyl (C=O) groups excluding carboxylic acids is 1. The zero-order valence-corrected chi connectivity index (χ0v) is 12.7. The summed E-state index contributed by atoms with van der Waals surface area (Å²) in [6.45, 7) is 3.98. The topological polar surface area (TPSA) is 75.4 Å². The molecule has 0 radical (unpaired) electrons. The number of rotatable bonds is 6. The van der Waals surface area contributed by atoms with Crippen LogP contribution in [0.3, 0.4) is 0 Å². The molecule has 0 atom stereocenters. The lowest BCUT2D eigenvalue weighted by Gasteiger charge is -2.25. The molecule has 6 nitrogen and oxygen atoms in total. The van der Waals surface area contributed by atoms with E-state index in [0.717, 1.165) is 12.8 Å². The smallest absolute Gasteiger partial charge is 0.305 e. The summed E-state index contributed by atoms with van der Waals surface area (Å²) in [4.78, 5) is 24.8. The van der Waals surface area contributed by atoms with Crippen molar-refractivity contribution in [3.05, 3.63) is 18.0 Å². The molecule has 1 aromatic rings. The van der Waals surface area contributed by atoms with Gasteiger partial charge in [0.1, 0.15) is 5.69 Å². The van der Waals surface area contributed by atoms with Crippen molar-refractivity contribution in [2.45, 2.75) is 58.0 Å². The molecule has 2 rings (SSSR count). The van der Waals surface area contributed by atoms with Gasteiger partial charge in [0, 0.05) is 18.8 Å². The van der Waals surface area contributed by atoms with Crippen molar-refractivity contribution in [2.24, 2.45) is 0 Å². The molecule has 0 unspecified atom stereocenters. The second kappa shape index (κ2) is 6.74. The summed E-state index contributed by atoms with van der Waals surface area (Å²) < 4.78 is 1.88. The van der Waals surface area contributed by atoms with Crippen LogP contribution in [0.15, 0.2) is 12.3 Å². The Labute approximate surface area is 124 Å². The number of carbonyl (C=O) groups is 2. The Bertz CT molecular complexity index is 504. The molecular formula is C15H23N3O3. The molecule has 0 spiro atoms. The predicted octanol–water partition coefficient (Wildman–Crippen LogP) is 2.32. The standard InChI is InChI=1S/C15H23N3O3/c1-11(2)17(9-8-14(19)20)15(21)13-7-10-18(16-13)12-5-3-4-6-12/h7,10-12H,3-6,8-9H2,1-2H3,(H,19,20). The third-order valence-corrected chi connectivity index (χ3v) is 3.98. The van der Waals surface area contributed by atoms with Gasteiger partial charge in [0.2, 0.25) is 0 Å². The molecule has 0 aromatic carbocycles. The van der Waals surface area contributed by atoms with Gasteiger partial charge >= 0.3 is 5.97 Å². The number of amides is 1. The Morgan fingerprint density at radius 1 is 1.43 bits per heavy atom. The maximum atomic E-state index is 12.5. The lowest BCUT2D eigenvalue weighted by molar-refractivity contribution is -0.137. The SMILES string of the molecule is CC(C)N(CCC(=O)O)C(=O)c1ccn(C2CCCC2)n1. The van der Waals surface area contributed by atoms with Gasteiger partial charge in [-0.25, -0.2) is 0 Å². The van der Waals surface area contributed by atoms with E-state index in [4.69, 9.17) is 5.11 Å². The van der Waals surface area contributed by atoms with Gasteiger partial charge in [-0.15, -0.1) is 0 Å². The van der Waals surface area contributed by atoms with Crippen molar-refractivity contribution in [1.29, 1.82) is 0 Å². The molecule has 1 aliphatic rings. The Hall–Kier alpha value is -1.85. The van der Waals surface area contributed by atoms with E-state index in [1.54, 1.807) is 11.0 Å². The number of hydrogen-bond acceptors (Lipinski definition) is 3. The van der Waals surface area contributed by atoms with E-state index in [2.05, 4.69) is 5.10 Å². The second-order valence-corrected chi connectivity index (χ2v) is 5.86. The van der Waals surface area contributed by atoms with Crippen molar-refractivity contribution in [3.63, 3.8) is 0 Å². The van der Waals surface area contributed by atoms with Gasteiger partial charge in [-0.2, -0.15) is 5.10 Å². The van der Waals surface area contributed by atoms with Gasteiger partial charge in [-0.05, 0) is 32.8 Å². The van der Waals surface area contributed by atoms with E-state index in [9.17, 15) is 9.59 Å². The number of nitrogens with zero attached hydrogens (tertiary/aromatic N) is 3. The van der Waals surface area contributed by atoms with Gasteiger partial charge < -0.3 is 10.0 Å². The lowest BCUT2D eigenvalue weighted by Crippen LogP contribution is -2.38. The molecule has 1 heterocycles. The third kappa shape index (κ3) is 3.83. The zero-order chi connectivity index (χ0) is 15.4. The van der Waals surface area contributed by atoms with Crippen LogP contribution >= 0.6 is 0 Å². The largest absolute Gasteiger partial charge is 0.481 e. The minimum Gasteiger partial charge on any atom is -0.481 e. The van der Waals surface area contributed by atoms with E-state index in [1.807, 2.05) is 24.7 Å². The molecule has 1 aromatic heterocycles. The zero-order valence-electron chi connectivity index (χ0n) is 12.7. The van der Waals surface area contributed by atoms with Crippen molar-refractivity contribution in [1.82, 2.24) is 14.7 Å². The number of carboxylic acids is 1. The Kier molecular flexibility index (Phi) is 4.98. The lowest BCUT2D eigenvalue weighted by atomic mass is 10.2. The van der Waals surface area contributed by atoms with E-state index in [-0.39, 0.29) is 24.9 Å². The highest BCUT2D eigenvalue weighted by atomic mass is 16.4. The van der Waals surface area contributed by atoms with Crippen LogP contribution in [-0.4, -0.2) is 44.3 Å². The Balaban J connectivity index is 2.07. The van der Waals surface area contributed by atoms with E-state index >= 15 is 0 Å². The normalized spacial score (nSPS) is 15.6. The molecule has 1 N–H and O–H groups in total. The fourth-order valence-corrected chi connectivity index (χ4v) is 2.78.